The summed E-state index contributed by atoms with van der Waals surface area (Å²) in [6, 6.07) is 3.83. The summed E-state index contributed by atoms with van der Waals surface area (Å²) in [5.41, 5.74) is 0. The number of pyridine rings is 1. The highest BCUT2D eigenvalue weighted by Crippen LogP contribution is 2.28. The Hall–Kier alpha value is -0.570. The Morgan fingerprint density at radius 2 is 2.33 bits per heavy atom. The van der Waals surface area contributed by atoms with E-state index >= 15 is 0 Å². The molecule has 0 spiro atoms. The summed E-state index contributed by atoms with van der Waals surface area (Å²) in [6.07, 6.45) is 5.83. The SMILES string of the molecule is Brc1ncccc1OC1CCC1. The Morgan fingerprint density at radius 3 is 2.92 bits per heavy atom. The molecule has 0 unspecified atom stereocenters. The molecule has 1 heterocycles. The number of hydrogen-bond donors (Lipinski definition) is 0. The first-order valence-corrected chi connectivity index (χ1v) is 4.93. The average molecular weight is 228 g/mol. The van der Waals surface area contributed by atoms with E-state index in [1.807, 2.05) is 12.1 Å². The van der Waals surface area contributed by atoms with Crippen molar-refractivity contribution >= 4 is 15.9 Å². The molecule has 1 aliphatic carbocycles. The third kappa shape index (κ3) is 1.61. The van der Waals surface area contributed by atoms with Gasteiger partial charge in [0, 0.05) is 6.20 Å². The summed E-state index contributed by atoms with van der Waals surface area (Å²) < 4.78 is 6.47. The fourth-order valence-corrected chi connectivity index (χ4v) is 1.47. The zero-order chi connectivity index (χ0) is 8.39. The van der Waals surface area contributed by atoms with Crippen LogP contribution in [0.5, 0.6) is 5.75 Å². The first-order chi connectivity index (χ1) is 5.86. The van der Waals surface area contributed by atoms with Gasteiger partial charge in [-0.25, -0.2) is 4.98 Å². The largest absolute Gasteiger partial charge is 0.488 e. The molecule has 1 fully saturated rings. The smallest absolute Gasteiger partial charge is 0.152 e. The van der Waals surface area contributed by atoms with Crippen molar-refractivity contribution in [1.29, 1.82) is 0 Å². The van der Waals surface area contributed by atoms with Gasteiger partial charge in [-0.2, -0.15) is 0 Å². The second kappa shape index (κ2) is 3.44. The predicted octanol–water partition coefficient (Wildman–Crippen LogP) is 2.78. The van der Waals surface area contributed by atoms with Crippen LogP contribution in [-0.2, 0) is 0 Å². The highest BCUT2D eigenvalue weighted by molar-refractivity contribution is 9.10. The van der Waals surface area contributed by atoms with E-state index in [-0.39, 0.29) is 0 Å². The number of aromatic nitrogens is 1. The lowest BCUT2D eigenvalue weighted by Crippen LogP contribution is -2.24. The predicted molar refractivity (Wildman–Crippen MR) is 50.2 cm³/mol. The van der Waals surface area contributed by atoms with E-state index in [1.54, 1.807) is 6.20 Å². The average Bonchev–Trinajstić information content (AvgIpc) is 2.00. The maximum absolute atomic E-state index is 5.67. The Balaban J connectivity index is 2.06. The van der Waals surface area contributed by atoms with Crippen LogP contribution in [0.3, 0.4) is 0 Å². The maximum Gasteiger partial charge on any atom is 0.152 e. The number of nitrogens with zero attached hydrogens (tertiary/aromatic N) is 1. The van der Waals surface area contributed by atoms with Crippen LogP contribution in [0.4, 0.5) is 0 Å². The molecular weight excluding hydrogens is 218 g/mol. The quantitative estimate of drug-likeness (QED) is 0.726. The van der Waals surface area contributed by atoms with Crippen molar-refractivity contribution in [1.82, 2.24) is 4.98 Å². The van der Waals surface area contributed by atoms with Gasteiger partial charge in [-0.05, 0) is 47.3 Å². The molecule has 1 aliphatic rings. The molecule has 1 saturated carbocycles. The van der Waals surface area contributed by atoms with Gasteiger partial charge in [-0.15, -0.1) is 0 Å². The molecule has 0 amide bonds. The van der Waals surface area contributed by atoms with Gasteiger partial charge in [0.1, 0.15) is 4.60 Å². The number of ether oxygens (including phenoxy) is 1. The van der Waals surface area contributed by atoms with E-state index in [2.05, 4.69) is 20.9 Å². The van der Waals surface area contributed by atoms with E-state index in [9.17, 15) is 0 Å². The van der Waals surface area contributed by atoms with Crippen LogP contribution >= 0.6 is 15.9 Å². The van der Waals surface area contributed by atoms with Gasteiger partial charge in [0.05, 0.1) is 6.10 Å². The summed E-state index contributed by atoms with van der Waals surface area (Å²) in [6.45, 7) is 0. The summed E-state index contributed by atoms with van der Waals surface area (Å²) >= 11 is 3.34. The lowest BCUT2D eigenvalue weighted by molar-refractivity contribution is 0.119. The van der Waals surface area contributed by atoms with Crippen molar-refractivity contribution in [2.24, 2.45) is 0 Å². The van der Waals surface area contributed by atoms with Crippen molar-refractivity contribution < 1.29 is 4.74 Å². The number of hydrogen-bond acceptors (Lipinski definition) is 2. The molecule has 1 aromatic heterocycles. The van der Waals surface area contributed by atoms with Crippen molar-refractivity contribution in [3.63, 3.8) is 0 Å². The molecule has 0 aromatic carbocycles. The zero-order valence-electron chi connectivity index (χ0n) is 6.66. The van der Waals surface area contributed by atoms with Gasteiger partial charge in [-0.3, -0.25) is 0 Å². The van der Waals surface area contributed by atoms with E-state index in [0.29, 0.717) is 6.10 Å². The molecule has 0 N–H and O–H groups in total. The molecule has 0 radical (unpaired) electrons. The third-order valence-corrected chi connectivity index (χ3v) is 2.67. The van der Waals surface area contributed by atoms with Gasteiger partial charge in [0.25, 0.3) is 0 Å². The molecule has 2 rings (SSSR count). The summed E-state index contributed by atoms with van der Waals surface area (Å²) in [5.74, 6) is 0.863. The van der Waals surface area contributed by atoms with Gasteiger partial charge >= 0.3 is 0 Å². The van der Waals surface area contributed by atoms with E-state index in [1.165, 1.54) is 19.3 Å². The van der Waals surface area contributed by atoms with Crippen LogP contribution in [-0.4, -0.2) is 11.1 Å². The molecule has 0 aliphatic heterocycles. The Labute approximate surface area is 80.1 Å². The van der Waals surface area contributed by atoms with Crippen LogP contribution in [0.1, 0.15) is 19.3 Å². The number of halogens is 1. The highest BCUT2D eigenvalue weighted by Gasteiger charge is 2.19. The first-order valence-electron chi connectivity index (χ1n) is 4.13. The van der Waals surface area contributed by atoms with Gasteiger partial charge in [0.15, 0.2) is 5.75 Å². The summed E-state index contributed by atoms with van der Waals surface area (Å²) in [7, 11) is 0. The second-order valence-electron chi connectivity index (χ2n) is 2.96. The molecule has 1 aromatic rings. The highest BCUT2D eigenvalue weighted by atomic mass is 79.9. The second-order valence-corrected chi connectivity index (χ2v) is 3.71. The van der Waals surface area contributed by atoms with Crippen LogP contribution < -0.4 is 4.74 Å². The lowest BCUT2D eigenvalue weighted by Gasteiger charge is -2.26. The van der Waals surface area contributed by atoms with Crippen LogP contribution in [0.25, 0.3) is 0 Å². The van der Waals surface area contributed by atoms with Crippen molar-refractivity contribution in [3.8, 4) is 5.75 Å². The molecular formula is C9H10BrNO. The van der Waals surface area contributed by atoms with Gasteiger partial charge in [-0.1, -0.05) is 0 Å². The van der Waals surface area contributed by atoms with Gasteiger partial charge in [0.2, 0.25) is 0 Å². The molecule has 12 heavy (non-hydrogen) atoms. The van der Waals surface area contributed by atoms with Gasteiger partial charge < -0.3 is 4.74 Å². The monoisotopic (exact) mass is 227 g/mol. The van der Waals surface area contributed by atoms with E-state index in [4.69, 9.17) is 4.74 Å². The number of rotatable bonds is 2. The van der Waals surface area contributed by atoms with Crippen molar-refractivity contribution in [2.75, 3.05) is 0 Å². The molecule has 3 heteroatoms. The minimum Gasteiger partial charge on any atom is -0.488 e. The fraction of sp³-hybridized carbons (Fsp3) is 0.444. The minimum absolute atomic E-state index is 0.422. The van der Waals surface area contributed by atoms with E-state index < -0.39 is 0 Å². The third-order valence-electron chi connectivity index (χ3n) is 2.07. The summed E-state index contributed by atoms with van der Waals surface area (Å²) in [5, 5.41) is 0. The Kier molecular flexibility index (Phi) is 2.30. The molecule has 0 bridgehead atoms. The minimum atomic E-state index is 0.422. The maximum atomic E-state index is 5.67. The molecule has 0 atom stereocenters. The van der Waals surface area contributed by atoms with E-state index in [0.717, 1.165) is 10.4 Å². The lowest BCUT2D eigenvalue weighted by atomic mass is 9.96. The normalized spacial score (nSPS) is 17.1. The summed E-state index contributed by atoms with van der Waals surface area (Å²) in [4.78, 5) is 4.08. The van der Waals surface area contributed by atoms with Crippen LogP contribution in [0.2, 0.25) is 0 Å². The van der Waals surface area contributed by atoms with Crippen LogP contribution in [0.15, 0.2) is 22.9 Å². The van der Waals surface area contributed by atoms with Crippen LogP contribution in [0, 0.1) is 0 Å². The first kappa shape index (κ1) is 8.05. The molecule has 2 nitrogen and oxygen atoms in total. The Bertz CT molecular complexity index is 273. The fourth-order valence-electron chi connectivity index (χ4n) is 1.13. The van der Waals surface area contributed by atoms with Crippen molar-refractivity contribution in [2.45, 2.75) is 25.4 Å². The zero-order valence-corrected chi connectivity index (χ0v) is 8.25. The molecule has 64 valence electrons. The molecule has 0 saturated heterocycles. The Morgan fingerprint density at radius 1 is 1.50 bits per heavy atom. The topological polar surface area (TPSA) is 22.1 Å². The van der Waals surface area contributed by atoms with Crippen molar-refractivity contribution in [3.05, 3.63) is 22.9 Å². The standard InChI is InChI=1S/C9H10BrNO/c10-9-8(5-2-6-11-9)12-7-3-1-4-7/h2,5-7H,1,3-4H2.